The van der Waals surface area contributed by atoms with Gasteiger partial charge in [0.1, 0.15) is 0 Å². The smallest absolute Gasteiger partial charge is 0.0681 e. The van der Waals surface area contributed by atoms with Crippen molar-refractivity contribution in [1.82, 2.24) is 14.9 Å². The SMILES string of the molecule is CCCCCCCCCCCCCCC(O)CN(CC(O)CCCCCCCCCCCCCC)N1CCN(C)CC1. The van der Waals surface area contributed by atoms with Crippen LogP contribution in [-0.2, 0) is 0 Å². The third-order valence-corrected chi connectivity index (χ3v) is 9.50. The van der Waals surface area contributed by atoms with Crippen molar-refractivity contribution in [3.63, 3.8) is 0 Å². The largest absolute Gasteiger partial charge is 0.392 e. The van der Waals surface area contributed by atoms with Crippen LogP contribution in [0.4, 0.5) is 0 Å². The molecule has 5 nitrogen and oxygen atoms in total. The third kappa shape index (κ3) is 24.2. The maximum atomic E-state index is 10.9. The van der Waals surface area contributed by atoms with Gasteiger partial charge in [0.2, 0.25) is 0 Å². The van der Waals surface area contributed by atoms with Crippen molar-refractivity contribution >= 4 is 0 Å². The molecule has 0 radical (unpaired) electrons. The van der Waals surface area contributed by atoms with Gasteiger partial charge in [-0.3, -0.25) is 0 Å². The average molecular weight is 596 g/mol. The minimum absolute atomic E-state index is 0.299. The van der Waals surface area contributed by atoms with E-state index in [1.54, 1.807) is 0 Å². The highest BCUT2D eigenvalue weighted by Gasteiger charge is 2.24. The van der Waals surface area contributed by atoms with Crippen molar-refractivity contribution in [2.75, 3.05) is 46.3 Å². The molecule has 0 aromatic carbocycles. The summed E-state index contributed by atoms with van der Waals surface area (Å²) in [6.07, 6.45) is 33.6. The van der Waals surface area contributed by atoms with Crippen molar-refractivity contribution < 1.29 is 10.2 Å². The number of aliphatic hydroxyl groups is 2. The Bertz CT molecular complexity index is 505. The highest BCUT2D eigenvalue weighted by atomic mass is 16.3. The first-order chi connectivity index (χ1) is 20.6. The number of unbranched alkanes of at least 4 members (excludes halogenated alkanes) is 22. The second-order valence-electron chi connectivity index (χ2n) is 13.8. The van der Waals surface area contributed by atoms with E-state index in [4.69, 9.17) is 0 Å². The summed E-state index contributed by atoms with van der Waals surface area (Å²) in [6, 6.07) is 0. The molecule has 5 heteroatoms. The van der Waals surface area contributed by atoms with Crippen LogP contribution in [0.5, 0.6) is 0 Å². The topological polar surface area (TPSA) is 50.2 Å². The summed E-state index contributed by atoms with van der Waals surface area (Å²) in [7, 11) is 2.19. The van der Waals surface area contributed by atoms with Gasteiger partial charge in [0, 0.05) is 39.3 Å². The van der Waals surface area contributed by atoms with Crippen molar-refractivity contribution in [2.24, 2.45) is 0 Å². The molecule has 2 atom stereocenters. The molecule has 2 N–H and O–H groups in total. The van der Waals surface area contributed by atoms with Gasteiger partial charge in [0.15, 0.2) is 0 Å². The van der Waals surface area contributed by atoms with Gasteiger partial charge in [-0.1, -0.05) is 168 Å². The zero-order valence-corrected chi connectivity index (χ0v) is 29.0. The van der Waals surface area contributed by atoms with Gasteiger partial charge in [-0.05, 0) is 19.9 Å². The molecule has 0 saturated carbocycles. The van der Waals surface area contributed by atoms with E-state index >= 15 is 0 Å². The molecule has 1 heterocycles. The lowest BCUT2D eigenvalue weighted by molar-refractivity contribution is -0.0954. The zero-order chi connectivity index (χ0) is 30.5. The highest BCUT2D eigenvalue weighted by molar-refractivity contribution is 4.73. The molecular formula is C37H77N3O2. The fourth-order valence-corrected chi connectivity index (χ4v) is 6.50. The van der Waals surface area contributed by atoms with Crippen LogP contribution in [0.1, 0.15) is 181 Å². The number of nitrogens with zero attached hydrogens (tertiary/aromatic N) is 3. The average Bonchev–Trinajstić information content (AvgIpc) is 2.98. The van der Waals surface area contributed by atoms with Crippen LogP contribution in [0.15, 0.2) is 0 Å². The first-order valence-electron chi connectivity index (χ1n) is 19.1. The van der Waals surface area contributed by atoms with E-state index < -0.39 is 0 Å². The first kappa shape index (κ1) is 39.8. The van der Waals surface area contributed by atoms with Crippen LogP contribution in [0.3, 0.4) is 0 Å². The van der Waals surface area contributed by atoms with Crippen LogP contribution in [-0.4, -0.2) is 83.7 Å². The lowest BCUT2D eigenvalue weighted by atomic mass is 10.0. The molecule has 0 aromatic rings. The van der Waals surface area contributed by atoms with Crippen molar-refractivity contribution in [3.05, 3.63) is 0 Å². The quantitative estimate of drug-likeness (QED) is 0.0782. The van der Waals surface area contributed by atoms with Crippen molar-refractivity contribution in [2.45, 2.75) is 193 Å². The Labute approximate surface area is 264 Å². The summed E-state index contributed by atoms with van der Waals surface area (Å²) in [5.74, 6) is 0. The molecular weight excluding hydrogens is 518 g/mol. The minimum Gasteiger partial charge on any atom is -0.392 e. The Balaban J connectivity index is 2.16. The molecule has 0 amide bonds. The van der Waals surface area contributed by atoms with Gasteiger partial charge in [-0.15, -0.1) is 0 Å². The lowest BCUT2D eigenvalue weighted by Gasteiger charge is -2.41. The van der Waals surface area contributed by atoms with Gasteiger partial charge in [0.25, 0.3) is 0 Å². The van der Waals surface area contributed by atoms with Crippen molar-refractivity contribution in [1.29, 1.82) is 0 Å². The molecule has 1 fully saturated rings. The molecule has 0 aromatic heterocycles. The normalized spacial score (nSPS) is 16.4. The van der Waals surface area contributed by atoms with E-state index in [-0.39, 0.29) is 12.2 Å². The van der Waals surface area contributed by atoms with Crippen LogP contribution < -0.4 is 0 Å². The zero-order valence-electron chi connectivity index (χ0n) is 29.0. The third-order valence-electron chi connectivity index (χ3n) is 9.50. The van der Waals surface area contributed by atoms with Gasteiger partial charge in [0.05, 0.1) is 12.2 Å². The van der Waals surface area contributed by atoms with Crippen molar-refractivity contribution in [3.8, 4) is 0 Å². The Morgan fingerprint density at radius 3 is 1.05 bits per heavy atom. The lowest BCUT2D eigenvalue weighted by Crippen LogP contribution is -2.56. The first-order valence-corrected chi connectivity index (χ1v) is 19.1. The predicted molar refractivity (Wildman–Crippen MR) is 184 cm³/mol. The monoisotopic (exact) mass is 596 g/mol. The van der Waals surface area contributed by atoms with Gasteiger partial charge in [-0.25, -0.2) is 10.0 Å². The number of rotatable bonds is 31. The minimum atomic E-state index is -0.299. The molecule has 42 heavy (non-hydrogen) atoms. The standard InChI is InChI=1S/C37H77N3O2/c1-4-6-8-10-12-14-16-18-20-22-24-26-28-36(41)34-40(39-32-30-38(3)31-33-39)35-37(42)29-27-25-23-21-19-17-15-13-11-9-7-5-2/h36-37,41-42H,4-35H2,1-3H3. The van der Waals surface area contributed by atoms with E-state index in [0.29, 0.717) is 13.1 Å². The fraction of sp³-hybridized carbons (Fsp3) is 1.00. The summed E-state index contributed by atoms with van der Waals surface area (Å²) in [6.45, 7) is 10.00. The molecule has 0 bridgehead atoms. The van der Waals surface area contributed by atoms with E-state index in [0.717, 1.165) is 51.9 Å². The Hall–Kier alpha value is -0.200. The second kappa shape index (κ2) is 29.5. The van der Waals surface area contributed by atoms with E-state index in [1.165, 1.54) is 141 Å². The van der Waals surface area contributed by atoms with Gasteiger partial charge >= 0.3 is 0 Å². The van der Waals surface area contributed by atoms with Gasteiger partial charge in [-0.2, -0.15) is 0 Å². The molecule has 1 rings (SSSR count). The predicted octanol–water partition coefficient (Wildman–Crippen LogP) is 9.36. The maximum absolute atomic E-state index is 10.9. The van der Waals surface area contributed by atoms with E-state index in [2.05, 4.69) is 35.8 Å². The molecule has 0 aliphatic carbocycles. The molecule has 1 aliphatic rings. The number of likely N-dealkylation sites (N-methyl/N-ethyl adjacent to an activating group) is 1. The van der Waals surface area contributed by atoms with E-state index in [1.807, 2.05) is 0 Å². The van der Waals surface area contributed by atoms with Gasteiger partial charge < -0.3 is 15.1 Å². The fourth-order valence-electron chi connectivity index (χ4n) is 6.50. The molecule has 2 unspecified atom stereocenters. The highest BCUT2D eigenvalue weighted by Crippen LogP contribution is 2.16. The summed E-state index contributed by atoms with van der Waals surface area (Å²) >= 11 is 0. The molecule has 252 valence electrons. The summed E-state index contributed by atoms with van der Waals surface area (Å²) < 4.78 is 0. The second-order valence-corrected chi connectivity index (χ2v) is 13.8. The molecule has 1 saturated heterocycles. The Kier molecular flexibility index (Phi) is 28.0. The Morgan fingerprint density at radius 1 is 0.452 bits per heavy atom. The maximum Gasteiger partial charge on any atom is 0.0681 e. The summed E-state index contributed by atoms with van der Waals surface area (Å²) in [5.41, 5.74) is 0. The van der Waals surface area contributed by atoms with Crippen LogP contribution >= 0.6 is 0 Å². The summed E-state index contributed by atoms with van der Waals surface area (Å²) in [5, 5.41) is 26.5. The number of hydrogen-bond donors (Lipinski definition) is 2. The van der Waals surface area contributed by atoms with E-state index in [9.17, 15) is 10.2 Å². The Morgan fingerprint density at radius 2 is 0.738 bits per heavy atom. The summed E-state index contributed by atoms with van der Waals surface area (Å²) in [4.78, 5) is 2.38. The van der Waals surface area contributed by atoms with Crippen LogP contribution in [0.25, 0.3) is 0 Å². The molecule has 0 spiro atoms. The number of aliphatic hydroxyl groups excluding tert-OH is 2. The number of hydrogen-bond acceptors (Lipinski definition) is 5. The van der Waals surface area contributed by atoms with Crippen LogP contribution in [0.2, 0.25) is 0 Å². The number of piperazine rings is 1. The number of hydrazine groups is 1. The van der Waals surface area contributed by atoms with Crippen LogP contribution in [0, 0.1) is 0 Å². The molecule has 1 aliphatic heterocycles.